The lowest BCUT2D eigenvalue weighted by atomic mass is 9.72. The normalized spacial score (nSPS) is 15.6. The fourth-order valence-corrected chi connectivity index (χ4v) is 3.18. The third-order valence-electron chi connectivity index (χ3n) is 4.31. The van der Waals surface area contributed by atoms with E-state index in [1.807, 2.05) is 13.8 Å². The van der Waals surface area contributed by atoms with Crippen LogP contribution in [0.25, 0.3) is 11.1 Å². The van der Waals surface area contributed by atoms with Gasteiger partial charge in [-0.3, -0.25) is 9.59 Å². The number of pyridine rings is 1. The van der Waals surface area contributed by atoms with Crippen molar-refractivity contribution in [3.05, 3.63) is 63.1 Å². The minimum atomic E-state index is -0.628. The number of carbonyl (C=O) groups excluding carboxylic acids is 1. The predicted octanol–water partition coefficient (Wildman–Crippen LogP) is 2.70. The SMILES string of the molecule is CC1(C)c2cc(O)ccc2C(=O)c2c1oc1c(=O)cc[nH]c21. The second kappa shape index (κ2) is 3.88. The number of furan rings is 1. The molecule has 0 radical (unpaired) electrons. The van der Waals surface area contributed by atoms with Gasteiger partial charge in [0.1, 0.15) is 17.0 Å². The number of aromatic amines is 1. The molecular formula is C17H13NO4. The summed E-state index contributed by atoms with van der Waals surface area (Å²) in [5, 5.41) is 9.74. The van der Waals surface area contributed by atoms with Crippen molar-refractivity contribution < 1.29 is 14.3 Å². The van der Waals surface area contributed by atoms with Crippen molar-refractivity contribution in [1.82, 2.24) is 4.98 Å². The van der Waals surface area contributed by atoms with Crippen molar-refractivity contribution >= 4 is 16.9 Å². The van der Waals surface area contributed by atoms with Crippen LogP contribution in [0, 0.1) is 0 Å². The summed E-state index contributed by atoms with van der Waals surface area (Å²) in [6, 6.07) is 6.04. The summed E-state index contributed by atoms with van der Waals surface area (Å²) in [4.78, 5) is 27.8. The lowest BCUT2D eigenvalue weighted by Crippen LogP contribution is -2.29. The van der Waals surface area contributed by atoms with E-state index < -0.39 is 5.41 Å². The number of benzene rings is 1. The van der Waals surface area contributed by atoms with Gasteiger partial charge in [0.05, 0.1) is 5.56 Å². The van der Waals surface area contributed by atoms with Gasteiger partial charge in [-0.1, -0.05) is 0 Å². The summed E-state index contributed by atoms with van der Waals surface area (Å²) >= 11 is 0. The minimum absolute atomic E-state index is 0.0928. The van der Waals surface area contributed by atoms with Crippen molar-refractivity contribution in [2.45, 2.75) is 19.3 Å². The molecule has 2 aromatic heterocycles. The number of aromatic nitrogens is 1. The highest BCUT2D eigenvalue weighted by Gasteiger charge is 2.42. The number of ketones is 1. The molecule has 0 aliphatic heterocycles. The molecule has 5 heteroatoms. The zero-order valence-electron chi connectivity index (χ0n) is 12.1. The summed E-state index contributed by atoms with van der Waals surface area (Å²) in [5.74, 6) is 0.338. The molecular weight excluding hydrogens is 282 g/mol. The highest BCUT2D eigenvalue weighted by Crippen LogP contribution is 2.45. The molecule has 0 saturated carbocycles. The molecule has 0 atom stereocenters. The fourth-order valence-electron chi connectivity index (χ4n) is 3.18. The van der Waals surface area contributed by atoms with Crippen LogP contribution in [0.15, 0.2) is 39.7 Å². The van der Waals surface area contributed by atoms with Gasteiger partial charge < -0.3 is 14.5 Å². The van der Waals surface area contributed by atoms with Crippen LogP contribution < -0.4 is 5.43 Å². The maximum Gasteiger partial charge on any atom is 0.224 e. The van der Waals surface area contributed by atoms with Crippen LogP contribution >= 0.6 is 0 Å². The highest BCUT2D eigenvalue weighted by atomic mass is 16.3. The molecule has 0 bridgehead atoms. The number of carbonyl (C=O) groups is 1. The standard InChI is InChI=1S/C17H13NO4/c1-17(2)10-7-8(19)3-4-9(10)14(21)12-13-15(22-16(12)17)11(20)5-6-18-13/h3-7,19H,1-2H3,(H,18,20). The van der Waals surface area contributed by atoms with Crippen LogP contribution in [0.4, 0.5) is 0 Å². The zero-order valence-corrected chi connectivity index (χ0v) is 12.1. The Kier molecular flexibility index (Phi) is 2.27. The number of phenolic OH excluding ortho intramolecular Hbond substituents is 1. The third-order valence-corrected chi connectivity index (χ3v) is 4.31. The average Bonchev–Trinajstić information content (AvgIpc) is 2.87. The summed E-state index contributed by atoms with van der Waals surface area (Å²) in [6.45, 7) is 3.81. The number of phenols is 1. The van der Waals surface area contributed by atoms with Crippen molar-refractivity contribution in [1.29, 1.82) is 0 Å². The van der Waals surface area contributed by atoms with E-state index in [0.29, 0.717) is 28.0 Å². The van der Waals surface area contributed by atoms with Gasteiger partial charge in [0.2, 0.25) is 5.43 Å². The molecule has 1 aliphatic carbocycles. The van der Waals surface area contributed by atoms with Gasteiger partial charge in [-0.2, -0.15) is 0 Å². The average molecular weight is 295 g/mol. The minimum Gasteiger partial charge on any atom is -0.508 e. The Morgan fingerprint density at radius 2 is 1.95 bits per heavy atom. The molecule has 0 spiro atoms. The largest absolute Gasteiger partial charge is 0.508 e. The van der Waals surface area contributed by atoms with Crippen molar-refractivity contribution in [2.75, 3.05) is 0 Å². The second-order valence-electron chi connectivity index (χ2n) is 6.04. The van der Waals surface area contributed by atoms with E-state index in [1.165, 1.54) is 18.3 Å². The molecule has 0 amide bonds. The topological polar surface area (TPSA) is 83.3 Å². The summed E-state index contributed by atoms with van der Waals surface area (Å²) in [7, 11) is 0. The van der Waals surface area contributed by atoms with E-state index >= 15 is 0 Å². The molecule has 4 rings (SSSR count). The third kappa shape index (κ3) is 1.43. The smallest absolute Gasteiger partial charge is 0.224 e. The summed E-state index contributed by atoms with van der Waals surface area (Å²) in [5.41, 5.74) is 1.30. The lowest BCUT2D eigenvalue weighted by molar-refractivity contribution is 0.102. The van der Waals surface area contributed by atoms with Crippen molar-refractivity contribution in [3.63, 3.8) is 0 Å². The first-order chi connectivity index (χ1) is 10.4. The van der Waals surface area contributed by atoms with E-state index in [4.69, 9.17) is 4.42 Å². The molecule has 0 unspecified atom stereocenters. The summed E-state index contributed by atoms with van der Waals surface area (Å²) < 4.78 is 5.76. The van der Waals surface area contributed by atoms with E-state index in [1.54, 1.807) is 12.1 Å². The first kappa shape index (κ1) is 12.9. The van der Waals surface area contributed by atoms with Gasteiger partial charge >= 0.3 is 0 Å². The number of fused-ring (bicyclic) bond motifs is 4. The molecule has 110 valence electrons. The molecule has 5 nitrogen and oxygen atoms in total. The van der Waals surface area contributed by atoms with E-state index in [2.05, 4.69) is 4.98 Å². The molecule has 0 fully saturated rings. The van der Waals surface area contributed by atoms with Gasteiger partial charge in [-0.05, 0) is 37.6 Å². The van der Waals surface area contributed by atoms with Crippen LogP contribution in [-0.2, 0) is 5.41 Å². The van der Waals surface area contributed by atoms with Crippen LogP contribution in [-0.4, -0.2) is 15.9 Å². The van der Waals surface area contributed by atoms with Gasteiger partial charge in [0.25, 0.3) is 0 Å². The van der Waals surface area contributed by atoms with Gasteiger partial charge in [-0.25, -0.2) is 0 Å². The second-order valence-corrected chi connectivity index (χ2v) is 6.04. The van der Waals surface area contributed by atoms with E-state index in [-0.39, 0.29) is 22.5 Å². The zero-order chi connectivity index (χ0) is 15.6. The Balaban J connectivity index is 2.17. The van der Waals surface area contributed by atoms with Crippen molar-refractivity contribution in [3.8, 4) is 5.75 Å². The summed E-state index contributed by atoms with van der Waals surface area (Å²) in [6.07, 6.45) is 1.51. The Morgan fingerprint density at radius 3 is 2.73 bits per heavy atom. The number of nitrogens with one attached hydrogen (secondary N) is 1. The maximum absolute atomic E-state index is 12.8. The molecule has 0 saturated heterocycles. The number of rotatable bonds is 0. The van der Waals surface area contributed by atoms with Crippen LogP contribution in [0.5, 0.6) is 5.75 Å². The van der Waals surface area contributed by atoms with Gasteiger partial charge in [0.15, 0.2) is 11.4 Å². The molecule has 3 aromatic rings. The monoisotopic (exact) mass is 295 g/mol. The Labute approximate surface area is 125 Å². The van der Waals surface area contributed by atoms with Crippen LogP contribution in [0.3, 0.4) is 0 Å². The Morgan fingerprint density at radius 1 is 1.18 bits per heavy atom. The molecule has 22 heavy (non-hydrogen) atoms. The Bertz CT molecular complexity index is 1010. The lowest BCUT2D eigenvalue weighted by Gasteiger charge is -2.30. The van der Waals surface area contributed by atoms with Gasteiger partial charge in [-0.15, -0.1) is 0 Å². The quantitative estimate of drug-likeness (QED) is 0.668. The van der Waals surface area contributed by atoms with E-state index in [0.717, 1.165) is 0 Å². The Hall–Kier alpha value is -2.82. The molecule has 1 aliphatic rings. The van der Waals surface area contributed by atoms with E-state index in [9.17, 15) is 14.7 Å². The first-order valence-corrected chi connectivity index (χ1v) is 6.94. The number of aromatic hydroxyl groups is 1. The van der Waals surface area contributed by atoms with Crippen LogP contribution in [0.1, 0.15) is 41.1 Å². The molecule has 1 aromatic carbocycles. The molecule has 2 heterocycles. The maximum atomic E-state index is 12.8. The van der Waals surface area contributed by atoms with Gasteiger partial charge in [0, 0.05) is 23.2 Å². The number of hydrogen-bond donors (Lipinski definition) is 2. The first-order valence-electron chi connectivity index (χ1n) is 6.94. The fraction of sp³-hybridized carbons (Fsp3) is 0.176. The molecule has 2 N–H and O–H groups in total. The highest BCUT2D eigenvalue weighted by molar-refractivity contribution is 6.18. The number of hydrogen-bond acceptors (Lipinski definition) is 4. The van der Waals surface area contributed by atoms with Crippen molar-refractivity contribution in [2.24, 2.45) is 0 Å². The van der Waals surface area contributed by atoms with Crippen LogP contribution in [0.2, 0.25) is 0 Å². The predicted molar refractivity (Wildman–Crippen MR) is 80.5 cm³/mol. The number of H-pyrrole nitrogens is 1.